The molecule has 0 amide bonds. The molecule has 0 radical (unpaired) electrons. The number of rotatable bonds is 43. The molecule has 0 fully saturated rings. The lowest BCUT2D eigenvalue weighted by molar-refractivity contribution is -0.167. The Morgan fingerprint density at radius 2 is 0.709 bits per heavy atom. The standard InChI is InChI=1S/C49H92O6/c1-5-7-9-11-13-15-19-24-28-32-36-40-47(50)53-43-46(55-49(52)42-38-34-30-26-20-16-14-12-10-8-6-2)44-54-48(51)41-37-33-29-25-22-18-17-21-23-27-31-35-39-45(3)4/h17,21,45-46H,5-16,18-20,22-44H2,1-4H3/b21-17-. The summed E-state index contributed by atoms with van der Waals surface area (Å²) in [6.07, 6.45) is 44.8. The number of hydrogen-bond acceptors (Lipinski definition) is 6. The predicted molar refractivity (Wildman–Crippen MR) is 233 cm³/mol. The molecule has 6 heteroatoms. The van der Waals surface area contributed by atoms with Crippen LogP contribution >= 0.6 is 0 Å². The van der Waals surface area contributed by atoms with E-state index >= 15 is 0 Å². The van der Waals surface area contributed by atoms with E-state index in [4.69, 9.17) is 14.2 Å². The zero-order valence-corrected chi connectivity index (χ0v) is 37.1. The van der Waals surface area contributed by atoms with Crippen LogP contribution in [0.5, 0.6) is 0 Å². The monoisotopic (exact) mass is 777 g/mol. The third-order valence-corrected chi connectivity index (χ3v) is 10.7. The van der Waals surface area contributed by atoms with E-state index in [1.807, 2.05) is 0 Å². The van der Waals surface area contributed by atoms with Crippen LogP contribution < -0.4 is 0 Å². The fourth-order valence-electron chi connectivity index (χ4n) is 7.03. The summed E-state index contributed by atoms with van der Waals surface area (Å²) in [4.78, 5) is 37.8. The molecule has 0 rings (SSSR count). The highest BCUT2D eigenvalue weighted by atomic mass is 16.6. The summed E-state index contributed by atoms with van der Waals surface area (Å²) in [6, 6.07) is 0. The van der Waals surface area contributed by atoms with Gasteiger partial charge in [-0.25, -0.2) is 0 Å². The third-order valence-electron chi connectivity index (χ3n) is 10.7. The van der Waals surface area contributed by atoms with E-state index in [1.54, 1.807) is 0 Å². The number of carbonyl (C=O) groups excluding carboxylic acids is 3. The summed E-state index contributed by atoms with van der Waals surface area (Å²) >= 11 is 0. The van der Waals surface area contributed by atoms with Crippen LogP contribution in [0.25, 0.3) is 0 Å². The number of carbonyl (C=O) groups is 3. The van der Waals surface area contributed by atoms with Gasteiger partial charge in [-0.15, -0.1) is 0 Å². The van der Waals surface area contributed by atoms with Crippen molar-refractivity contribution in [3.63, 3.8) is 0 Å². The quantitative estimate of drug-likeness (QED) is 0.0266. The van der Waals surface area contributed by atoms with E-state index < -0.39 is 6.10 Å². The van der Waals surface area contributed by atoms with Crippen molar-refractivity contribution in [2.24, 2.45) is 5.92 Å². The van der Waals surface area contributed by atoms with Crippen LogP contribution in [-0.4, -0.2) is 37.2 Å². The molecule has 0 bridgehead atoms. The Morgan fingerprint density at radius 3 is 1.07 bits per heavy atom. The lowest BCUT2D eigenvalue weighted by Crippen LogP contribution is -2.30. The number of ether oxygens (including phenoxy) is 3. The first kappa shape index (κ1) is 53.1. The first-order valence-electron chi connectivity index (χ1n) is 24.0. The molecule has 0 saturated carbocycles. The lowest BCUT2D eigenvalue weighted by atomic mass is 10.0. The first-order valence-corrected chi connectivity index (χ1v) is 24.0. The second-order valence-corrected chi connectivity index (χ2v) is 16.9. The van der Waals surface area contributed by atoms with Gasteiger partial charge in [0.25, 0.3) is 0 Å². The van der Waals surface area contributed by atoms with Gasteiger partial charge < -0.3 is 14.2 Å². The van der Waals surface area contributed by atoms with Gasteiger partial charge in [0.2, 0.25) is 0 Å². The van der Waals surface area contributed by atoms with Crippen LogP contribution in [0.4, 0.5) is 0 Å². The van der Waals surface area contributed by atoms with Crippen molar-refractivity contribution in [1.82, 2.24) is 0 Å². The smallest absolute Gasteiger partial charge is 0.306 e. The summed E-state index contributed by atoms with van der Waals surface area (Å²) in [5, 5.41) is 0. The van der Waals surface area contributed by atoms with E-state index in [1.165, 1.54) is 148 Å². The van der Waals surface area contributed by atoms with Gasteiger partial charge in [-0.2, -0.15) is 0 Å². The van der Waals surface area contributed by atoms with Crippen molar-refractivity contribution in [2.75, 3.05) is 13.2 Å². The van der Waals surface area contributed by atoms with Crippen molar-refractivity contribution < 1.29 is 28.6 Å². The minimum Gasteiger partial charge on any atom is -0.462 e. The molecule has 0 heterocycles. The van der Waals surface area contributed by atoms with Crippen LogP contribution in [0.15, 0.2) is 12.2 Å². The number of allylic oxidation sites excluding steroid dienone is 2. The molecule has 0 saturated heterocycles. The molecule has 0 aliphatic rings. The molecule has 0 aliphatic carbocycles. The van der Waals surface area contributed by atoms with Crippen molar-refractivity contribution in [3.05, 3.63) is 12.2 Å². The Morgan fingerprint density at radius 1 is 0.400 bits per heavy atom. The third kappa shape index (κ3) is 43.1. The maximum atomic E-state index is 12.7. The zero-order chi connectivity index (χ0) is 40.3. The van der Waals surface area contributed by atoms with Gasteiger partial charge in [-0.3, -0.25) is 14.4 Å². The summed E-state index contributed by atoms with van der Waals surface area (Å²) in [5.74, 6) is -0.0541. The zero-order valence-electron chi connectivity index (χ0n) is 37.1. The SMILES string of the molecule is CCCCCCCCCCCCCC(=O)OCC(COC(=O)CCCCCCC/C=C\CCCCCC(C)C)OC(=O)CCCCCCCCCCCCC. The Balaban J connectivity index is 4.33. The minimum atomic E-state index is -0.765. The van der Waals surface area contributed by atoms with Gasteiger partial charge in [0.15, 0.2) is 6.10 Å². The van der Waals surface area contributed by atoms with Gasteiger partial charge in [-0.1, -0.05) is 207 Å². The topological polar surface area (TPSA) is 78.9 Å². The normalized spacial score (nSPS) is 12.1. The molecule has 0 aromatic carbocycles. The fraction of sp³-hybridized carbons (Fsp3) is 0.898. The molecule has 0 aromatic rings. The predicted octanol–water partition coefficient (Wildman–Crippen LogP) is 15.3. The van der Waals surface area contributed by atoms with Crippen LogP contribution in [0.2, 0.25) is 0 Å². The van der Waals surface area contributed by atoms with E-state index in [0.29, 0.717) is 19.3 Å². The summed E-state index contributed by atoms with van der Waals surface area (Å²) in [5.41, 5.74) is 0. The minimum absolute atomic E-state index is 0.0687. The molecule has 6 nitrogen and oxygen atoms in total. The fourth-order valence-corrected chi connectivity index (χ4v) is 7.03. The van der Waals surface area contributed by atoms with Crippen molar-refractivity contribution >= 4 is 17.9 Å². The van der Waals surface area contributed by atoms with Gasteiger partial charge in [0.1, 0.15) is 13.2 Å². The van der Waals surface area contributed by atoms with Crippen LogP contribution in [0.3, 0.4) is 0 Å². The van der Waals surface area contributed by atoms with E-state index in [-0.39, 0.29) is 31.1 Å². The van der Waals surface area contributed by atoms with Crippen LogP contribution in [0, 0.1) is 5.92 Å². The molecular weight excluding hydrogens is 685 g/mol. The van der Waals surface area contributed by atoms with E-state index in [9.17, 15) is 14.4 Å². The van der Waals surface area contributed by atoms with Crippen LogP contribution in [0.1, 0.15) is 259 Å². The first-order chi connectivity index (χ1) is 26.9. The summed E-state index contributed by atoms with van der Waals surface area (Å²) in [6.45, 7) is 8.96. The summed E-state index contributed by atoms with van der Waals surface area (Å²) < 4.78 is 16.7. The molecule has 0 aromatic heterocycles. The van der Waals surface area contributed by atoms with Gasteiger partial charge in [-0.05, 0) is 50.9 Å². The van der Waals surface area contributed by atoms with Gasteiger partial charge in [0.05, 0.1) is 0 Å². The molecule has 1 unspecified atom stereocenters. The Kier molecular flexibility index (Phi) is 41.8. The number of hydrogen-bond donors (Lipinski definition) is 0. The molecular formula is C49H92O6. The highest BCUT2D eigenvalue weighted by Gasteiger charge is 2.19. The van der Waals surface area contributed by atoms with Crippen molar-refractivity contribution in [2.45, 2.75) is 265 Å². The Hall–Kier alpha value is -1.85. The van der Waals surface area contributed by atoms with Gasteiger partial charge >= 0.3 is 17.9 Å². The molecule has 1 atom stereocenters. The maximum Gasteiger partial charge on any atom is 0.306 e. The second kappa shape index (κ2) is 43.3. The lowest BCUT2D eigenvalue weighted by Gasteiger charge is -2.18. The maximum absolute atomic E-state index is 12.7. The number of unbranched alkanes of at least 4 members (excludes halogenated alkanes) is 28. The average molecular weight is 777 g/mol. The summed E-state index contributed by atoms with van der Waals surface area (Å²) in [7, 11) is 0. The van der Waals surface area contributed by atoms with Crippen LogP contribution in [-0.2, 0) is 28.6 Å². The highest BCUT2D eigenvalue weighted by Crippen LogP contribution is 2.15. The second-order valence-electron chi connectivity index (χ2n) is 16.9. The Bertz CT molecular complexity index is 867. The van der Waals surface area contributed by atoms with Crippen molar-refractivity contribution in [1.29, 1.82) is 0 Å². The van der Waals surface area contributed by atoms with Crippen molar-refractivity contribution in [3.8, 4) is 0 Å². The number of esters is 3. The van der Waals surface area contributed by atoms with E-state index in [0.717, 1.165) is 70.1 Å². The van der Waals surface area contributed by atoms with E-state index in [2.05, 4.69) is 39.8 Å². The molecule has 324 valence electrons. The molecule has 0 aliphatic heterocycles. The highest BCUT2D eigenvalue weighted by molar-refractivity contribution is 5.71. The molecule has 55 heavy (non-hydrogen) atoms. The largest absolute Gasteiger partial charge is 0.462 e. The average Bonchev–Trinajstić information content (AvgIpc) is 3.17. The Labute approximate surface area is 341 Å². The van der Waals surface area contributed by atoms with Gasteiger partial charge in [0, 0.05) is 19.3 Å². The molecule has 0 N–H and O–H groups in total. The molecule has 0 spiro atoms.